The van der Waals surface area contributed by atoms with Crippen molar-refractivity contribution in [3.05, 3.63) is 123 Å². The first kappa shape index (κ1) is 27.4. The van der Waals surface area contributed by atoms with Gasteiger partial charge in [0.2, 0.25) is 0 Å². The molecule has 1 atom stereocenters. The molecule has 1 aliphatic rings. The molecule has 41 heavy (non-hydrogen) atoms. The second-order valence-electron chi connectivity index (χ2n) is 9.11. The van der Waals surface area contributed by atoms with Crippen molar-refractivity contribution in [2.45, 2.75) is 26.8 Å². The summed E-state index contributed by atoms with van der Waals surface area (Å²) in [5.41, 5.74) is 1.64. The van der Waals surface area contributed by atoms with E-state index in [4.69, 9.17) is 9.15 Å². The number of aromatic nitrogens is 1. The average molecular weight is 575 g/mol. The topological polar surface area (TPSA) is 160 Å². The van der Waals surface area contributed by atoms with Gasteiger partial charge in [0.1, 0.15) is 17.6 Å². The number of esters is 1. The van der Waals surface area contributed by atoms with Crippen molar-refractivity contribution in [1.82, 2.24) is 4.57 Å². The van der Waals surface area contributed by atoms with Crippen LogP contribution in [0.2, 0.25) is 0 Å². The minimum atomic E-state index is -1.02. The third kappa shape index (κ3) is 5.10. The standard InChI is InChI=1S/C28H22N4O8S/c1-4-39-27(34)24-16(3)29-28-30(26(33)23(41-28)13-17-6-9-18(10-7-17)31(35)36)25(24)22-12-11-21(40-22)20-14-19(32(37)38)8-5-15(20)2/h5-14,25H,4H2,1-3H3/b23-13-/t25-/m0/s1. The van der Waals surface area contributed by atoms with Crippen LogP contribution in [-0.4, -0.2) is 27.0 Å². The smallest absolute Gasteiger partial charge is 0.338 e. The summed E-state index contributed by atoms with van der Waals surface area (Å²) in [6.45, 7) is 5.19. The Kier molecular flexibility index (Phi) is 7.20. The summed E-state index contributed by atoms with van der Waals surface area (Å²) < 4.78 is 13.1. The highest BCUT2D eigenvalue weighted by molar-refractivity contribution is 7.07. The third-order valence-electron chi connectivity index (χ3n) is 6.51. The van der Waals surface area contributed by atoms with Crippen LogP contribution in [0.3, 0.4) is 0 Å². The summed E-state index contributed by atoms with van der Waals surface area (Å²) in [6, 6.07) is 12.4. The number of ether oxygens (including phenoxy) is 1. The predicted octanol–water partition coefficient (Wildman–Crippen LogP) is 4.18. The highest BCUT2D eigenvalue weighted by atomic mass is 32.1. The van der Waals surface area contributed by atoms with E-state index < -0.39 is 27.4 Å². The van der Waals surface area contributed by atoms with Gasteiger partial charge in [0.15, 0.2) is 4.80 Å². The summed E-state index contributed by atoms with van der Waals surface area (Å²) in [7, 11) is 0. The number of rotatable bonds is 7. The molecule has 12 nitrogen and oxygen atoms in total. The van der Waals surface area contributed by atoms with E-state index in [0.29, 0.717) is 31.9 Å². The fourth-order valence-corrected chi connectivity index (χ4v) is 5.58. The van der Waals surface area contributed by atoms with Crippen molar-refractivity contribution < 1.29 is 23.8 Å². The second kappa shape index (κ2) is 10.8. The van der Waals surface area contributed by atoms with Crippen LogP contribution in [0.15, 0.2) is 80.1 Å². The molecule has 208 valence electrons. The number of furan rings is 1. The van der Waals surface area contributed by atoms with Crippen LogP contribution in [-0.2, 0) is 9.53 Å². The number of nitro benzene ring substituents is 2. The molecule has 0 unspecified atom stereocenters. The summed E-state index contributed by atoms with van der Waals surface area (Å²) in [5, 5.41) is 22.4. The van der Waals surface area contributed by atoms with E-state index in [1.807, 2.05) is 0 Å². The molecule has 0 N–H and O–H groups in total. The minimum Gasteiger partial charge on any atom is -0.463 e. The quantitative estimate of drug-likeness (QED) is 0.180. The molecule has 0 saturated carbocycles. The van der Waals surface area contributed by atoms with E-state index in [2.05, 4.69) is 4.99 Å². The van der Waals surface area contributed by atoms with Gasteiger partial charge in [0.05, 0.1) is 32.3 Å². The van der Waals surface area contributed by atoms with Gasteiger partial charge in [-0.1, -0.05) is 17.4 Å². The molecule has 0 radical (unpaired) electrons. The number of benzene rings is 2. The van der Waals surface area contributed by atoms with Crippen LogP contribution in [0.4, 0.5) is 11.4 Å². The van der Waals surface area contributed by atoms with Crippen molar-refractivity contribution in [3.8, 4) is 11.3 Å². The van der Waals surface area contributed by atoms with Crippen LogP contribution in [0.1, 0.15) is 36.8 Å². The number of carbonyl (C=O) groups is 1. The van der Waals surface area contributed by atoms with Gasteiger partial charge in [-0.05, 0) is 62.2 Å². The number of nitrogens with zero attached hydrogens (tertiary/aromatic N) is 4. The Morgan fingerprint density at radius 1 is 1.07 bits per heavy atom. The van der Waals surface area contributed by atoms with E-state index in [1.165, 1.54) is 41.0 Å². The van der Waals surface area contributed by atoms with Gasteiger partial charge >= 0.3 is 5.97 Å². The number of carbonyl (C=O) groups excluding carboxylic acids is 1. The van der Waals surface area contributed by atoms with Crippen LogP contribution in [0.5, 0.6) is 0 Å². The number of fused-ring (bicyclic) bond motifs is 1. The van der Waals surface area contributed by atoms with E-state index in [9.17, 15) is 29.8 Å². The molecular weight excluding hydrogens is 552 g/mol. The molecule has 13 heteroatoms. The average Bonchev–Trinajstić information content (AvgIpc) is 3.53. The fourth-order valence-electron chi connectivity index (χ4n) is 4.54. The lowest BCUT2D eigenvalue weighted by atomic mass is 10.0. The van der Waals surface area contributed by atoms with Gasteiger partial charge in [0.25, 0.3) is 16.9 Å². The van der Waals surface area contributed by atoms with Crippen molar-refractivity contribution in [2.75, 3.05) is 6.61 Å². The zero-order chi connectivity index (χ0) is 29.4. The molecule has 0 fully saturated rings. The molecular formula is C28H22N4O8S. The Labute approximate surface area is 235 Å². The molecule has 3 heterocycles. The Bertz CT molecular complexity index is 1930. The number of non-ortho nitro benzene ring substituents is 2. The maximum Gasteiger partial charge on any atom is 0.338 e. The Balaban J connectivity index is 1.67. The van der Waals surface area contributed by atoms with E-state index in [0.717, 1.165) is 16.9 Å². The zero-order valence-corrected chi connectivity index (χ0v) is 22.8. The van der Waals surface area contributed by atoms with Crippen molar-refractivity contribution >= 4 is 34.8 Å². The van der Waals surface area contributed by atoms with Gasteiger partial charge in [-0.3, -0.25) is 29.6 Å². The lowest BCUT2D eigenvalue weighted by molar-refractivity contribution is -0.385. The molecule has 0 saturated heterocycles. The lowest BCUT2D eigenvalue weighted by Crippen LogP contribution is -2.39. The van der Waals surface area contributed by atoms with Crippen LogP contribution in [0.25, 0.3) is 17.4 Å². The lowest BCUT2D eigenvalue weighted by Gasteiger charge is -2.22. The van der Waals surface area contributed by atoms with Gasteiger partial charge in [-0.2, -0.15) is 0 Å². The summed E-state index contributed by atoms with van der Waals surface area (Å²) in [6.07, 6.45) is 1.59. The normalized spacial score (nSPS) is 14.9. The second-order valence-corrected chi connectivity index (χ2v) is 10.1. The number of thiazole rings is 1. The van der Waals surface area contributed by atoms with E-state index >= 15 is 0 Å². The number of allylic oxidation sites excluding steroid dienone is 1. The Hall–Kier alpha value is -5.17. The maximum atomic E-state index is 13.7. The van der Waals surface area contributed by atoms with Gasteiger partial charge in [-0.15, -0.1) is 0 Å². The van der Waals surface area contributed by atoms with Crippen molar-refractivity contribution in [1.29, 1.82) is 0 Å². The third-order valence-corrected chi connectivity index (χ3v) is 7.50. The summed E-state index contributed by atoms with van der Waals surface area (Å²) >= 11 is 1.10. The summed E-state index contributed by atoms with van der Waals surface area (Å²) in [4.78, 5) is 53.0. The van der Waals surface area contributed by atoms with Crippen LogP contribution in [0, 0.1) is 27.2 Å². The molecule has 0 spiro atoms. The first-order chi connectivity index (χ1) is 19.6. The first-order valence-electron chi connectivity index (χ1n) is 12.4. The highest BCUT2D eigenvalue weighted by Crippen LogP contribution is 2.36. The molecule has 5 rings (SSSR count). The van der Waals surface area contributed by atoms with Crippen molar-refractivity contribution in [3.63, 3.8) is 0 Å². The maximum absolute atomic E-state index is 13.7. The van der Waals surface area contributed by atoms with Crippen molar-refractivity contribution in [2.24, 2.45) is 4.99 Å². The van der Waals surface area contributed by atoms with Crippen LogP contribution >= 0.6 is 11.3 Å². The van der Waals surface area contributed by atoms with Gasteiger partial charge in [-0.25, -0.2) is 9.79 Å². The fraction of sp³-hybridized carbons (Fsp3) is 0.179. The SMILES string of the molecule is CCOC(=O)C1=C(C)N=c2s/c(=C\c3ccc([N+](=O)[O-])cc3)c(=O)n2[C@H]1c1ccc(-c2cc([N+](=O)[O-])ccc2C)o1. The number of hydrogen-bond donors (Lipinski definition) is 0. The molecule has 0 bridgehead atoms. The monoisotopic (exact) mass is 574 g/mol. The van der Waals surface area contributed by atoms with Gasteiger partial charge in [0, 0.05) is 29.8 Å². The van der Waals surface area contributed by atoms with Gasteiger partial charge < -0.3 is 9.15 Å². The minimum absolute atomic E-state index is 0.0779. The number of hydrogen-bond acceptors (Lipinski definition) is 10. The van der Waals surface area contributed by atoms with E-state index in [-0.39, 0.29) is 29.3 Å². The van der Waals surface area contributed by atoms with Crippen LogP contribution < -0.4 is 14.9 Å². The Morgan fingerprint density at radius 3 is 2.41 bits per heavy atom. The first-order valence-corrected chi connectivity index (χ1v) is 13.2. The molecule has 2 aromatic carbocycles. The summed E-state index contributed by atoms with van der Waals surface area (Å²) in [5.74, 6) is -0.0915. The zero-order valence-electron chi connectivity index (χ0n) is 22.0. The largest absolute Gasteiger partial charge is 0.463 e. The Morgan fingerprint density at radius 2 is 1.76 bits per heavy atom. The molecule has 0 amide bonds. The molecule has 1 aliphatic heterocycles. The molecule has 0 aliphatic carbocycles. The molecule has 4 aromatic rings. The number of nitro groups is 2. The predicted molar refractivity (Wildman–Crippen MR) is 149 cm³/mol. The van der Waals surface area contributed by atoms with E-state index in [1.54, 1.807) is 45.0 Å². The molecule has 2 aromatic heterocycles. The highest BCUT2D eigenvalue weighted by Gasteiger charge is 2.35. The number of aryl methyl sites for hydroxylation is 1.